The van der Waals surface area contributed by atoms with Crippen LogP contribution in [0.5, 0.6) is 0 Å². The van der Waals surface area contributed by atoms with Crippen molar-refractivity contribution >= 4 is 0 Å². The van der Waals surface area contributed by atoms with Crippen molar-refractivity contribution < 1.29 is 9.13 Å². The van der Waals surface area contributed by atoms with E-state index in [9.17, 15) is 4.39 Å². The SMILES string of the molecule is COCC(C)(C)NCc1cc(F)ccc1C. The second-order valence-electron chi connectivity index (χ2n) is 4.74. The molecule has 0 aliphatic carbocycles. The molecule has 0 fully saturated rings. The van der Waals surface area contributed by atoms with Gasteiger partial charge in [-0.15, -0.1) is 0 Å². The van der Waals surface area contributed by atoms with E-state index in [1.54, 1.807) is 19.2 Å². The highest BCUT2D eigenvalue weighted by Gasteiger charge is 2.16. The monoisotopic (exact) mass is 225 g/mol. The highest BCUT2D eigenvalue weighted by molar-refractivity contribution is 5.26. The molecule has 0 aliphatic rings. The molecule has 16 heavy (non-hydrogen) atoms. The molecule has 1 rings (SSSR count). The van der Waals surface area contributed by atoms with Gasteiger partial charge >= 0.3 is 0 Å². The summed E-state index contributed by atoms with van der Waals surface area (Å²) in [7, 11) is 1.68. The van der Waals surface area contributed by atoms with E-state index in [1.165, 1.54) is 6.07 Å². The van der Waals surface area contributed by atoms with Gasteiger partial charge in [0, 0.05) is 19.2 Å². The Kier molecular flexibility index (Phi) is 4.44. The molecule has 0 spiro atoms. The van der Waals surface area contributed by atoms with Crippen molar-refractivity contribution in [3.63, 3.8) is 0 Å². The fourth-order valence-electron chi connectivity index (χ4n) is 1.58. The van der Waals surface area contributed by atoms with E-state index >= 15 is 0 Å². The summed E-state index contributed by atoms with van der Waals surface area (Å²) < 4.78 is 18.2. The van der Waals surface area contributed by atoms with Gasteiger partial charge in [0.05, 0.1) is 6.61 Å². The van der Waals surface area contributed by atoms with Gasteiger partial charge in [0.2, 0.25) is 0 Å². The van der Waals surface area contributed by atoms with Crippen LogP contribution in [0.25, 0.3) is 0 Å². The number of hydrogen-bond donors (Lipinski definition) is 1. The molecule has 0 heterocycles. The Morgan fingerprint density at radius 3 is 2.69 bits per heavy atom. The number of aryl methyl sites for hydroxylation is 1. The molecule has 1 aromatic carbocycles. The van der Waals surface area contributed by atoms with Crippen LogP contribution in [-0.2, 0) is 11.3 Å². The van der Waals surface area contributed by atoms with Crippen LogP contribution in [0.3, 0.4) is 0 Å². The maximum Gasteiger partial charge on any atom is 0.123 e. The van der Waals surface area contributed by atoms with Gasteiger partial charge in [0.1, 0.15) is 5.82 Å². The molecule has 0 unspecified atom stereocenters. The lowest BCUT2D eigenvalue weighted by Crippen LogP contribution is -2.42. The van der Waals surface area contributed by atoms with Gasteiger partial charge in [-0.3, -0.25) is 0 Å². The minimum absolute atomic E-state index is 0.104. The summed E-state index contributed by atoms with van der Waals surface area (Å²) in [5.41, 5.74) is 1.99. The van der Waals surface area contributed by atoms with Crippen LogP contribution in [0.1, 0.15) is 25.0 Å². The molecule has 0 bridgehead atoms. The van der Waals surface area contributed by atoms with Crippen LogP contribution in [0, 0.1) is 12.7 Å². The molecule has 1 N–H and O–H groups in total. The first-order valence-corrected chi connectivity index (χ1v) is 5.43. The average Bonchev–Trinajstić information content (AvgIpc) is 2.19. The molecule has 1 aromatic rings. The van der Waals surface area contributed by atoms with E-state index in [4.69, 9.17) is 4.74 Å². The molecular formula is C13H20FNO. The summed E-state index contributed by atoms with van der Waals surface area (Å²) >= 11 is 0. The summed E-state index contributed by atoms with van der Waals surface area (Å²) in [5, 5.41) is 3.35. The predicted octanol–water partition coefficient (Wildman–Crippen LogP) is 2.65. The number of methoxy groups -OCH3 is 1. The predicted molar refractivity (Wildman–Crippen MR) is 63.9 cm³/mol. The molecule has 2 nitrogen and oxygen atoms in total. The number of nitrogens with one attached hydrogen (secondary N) is 1. The number of ether oxygens (including phenoxy) is 1. The lowest BCUT2D eigenvalue weighted by molar-refractivity contribution is 0.127. The fraction of sp³-hybridized carbons (Fsp3) is 0.538. The first-order chi connectivity index (χ1) is 7.44. The van der Waals surface area contributed by atoms with Gasteiger partial charge in [0.15, 0.2) is 0 Å². The van der Waals surface area contributed by atoms with Crippen LogP contribution in [0.2, 0.25) is 0 Å². The van der Waals surface area contributed by atoms with Crippen molar-refractivity contribution in [1.82, 2.24) is 5.32 Å². The van der Waals surface area contributed by atoms with Gasteiger partial charge < -0.3 is 10.1 Å². The van der Waals surface area contributed by atoms with Gasteiger partial charge in [-0.1, -0.05) is 6.07 Å². The van der Waals surface area contributed by atoms with Crippen molar-refractivity contribution in [1.29, 1.82) is 0 Å². The van der Waals surface area contributed by atoms with Crippen LogP contribution in [-0.4, -0.2) is 19.3 Å². The second kappa shape index (κ2) is 5.41. The zero-order chi connectivity index (χ0) is 12.2. The third-order valence-electron chi connectivity index (χ3n) is 2.57. The second-order valence-corrected chi connectivity index (χ2v) is 4.74. The first-order valence-electron chi connectivity index (χ1n) is 5.43. The van der Waals surface area contributed by atoms with Crippen molar-refractivity contribution in [2.75, 3.05) is 13.7 Å². The number of halogens is 1. The first kappa shape index (κ1) is 13.1. The van der Waals surface area contributed by atoms with E-state index in [1.807, 2.05) is 6.92 Å². The lowest BCUT2D eigenvalue weighted by atomic mass is 10.0. The average molecular weight is 225 g/mol. The summed E-state index contributed by atoms with van der Waals surface area (Å²) in [6.07, 6.45) is 0. The standard InChI is InChI=1S/C13H20FNO/c1-10-5-6-12(14)7-11(10)8-15-13(2,3)9-16-4/h5-7,15H,8-9H2,1-4H3. The summed E-state index contributed by atoms with van der Waals surface area (Å²) in [5.74, 6) is -0.188. The zero-order valence-corrected chi connectivity index (χ0v) is 10.4. The van der Waals surface area contributed by atoms with Crippen molar-refractivity contribution in [2.45, 2.75) is 32.9 Å². The maximum absolute atomic E-state index is 13.1. The molecule has 0 aliphatic heterocycles. The third-order valence-corrected chi connectivity index (χ3v) is 2.57. The quantitative estimate of drug-likeness (QED) is 0.831. The van der Waals surface area contributed by atoms with Gasteiger partial charge in [-0.25, -0.2) is 4.39 Å². The number of rotatable bonds is 5. The molecule has 0 aromatic heterocycles. The topological polar surface area (TPSA) is 21.3 Å². The van der Waals surface area contributed by atoms with Gasteiger partial charge in [-0.2, -0.15) is 0 Å². The van der Waals surface area contributed by atoms with Crippen molar-refractivity contribution in [3.05, 3.63) is 35.1 Å². The normalized spacial score (nSPS) is 11.8. The van der Waals surface area contributed by atoms with E-state index in [0.717, 1.165) is 11.1 Å². The Bertz CT molecular complexity index is 350. The number of benzene rings is 1. The van der Waals surface area contributed by atoms with Crippen LogP contribution in [0.4, 0.5) is 4.39 Å². The minimum Gasteiger partial charge on any atom is -0.383 e. The van der Waals surface area contributed by atoms with Crippen LogP contribution >= 0.6 is 0 Å². The van der Waals surface area contributed by atoms with E-state index in [2.05, 4.69) is 19.2 Å². The minimum atomic E-state index is -0.188. The van der Waals surface area contributed by atoms with Crippen molar-refractivity contribution in [2.24, 2.45) is 0 Å². The molecule has 0 saturated carbocycles. The summed E-state index contributed by atoms with van der Waals surface area (Å²) in [6, 6.07) is 4.86. The third kappa shape index (κ3) is 3.91. The molecule has 0 amide bonds. The Morgan fingerprint density at radius 2 is 2.06 bits per heavy atom. The fourth-order valence-corrected chi connectivity index (χ4v) is 1.58. The smallest absolute Gasteiger partial charge is 0.123 e. The maximum atomic E-state index is 13.1. The molecule has 0 saturated heterocycles. The molecule has 3 heteroatoms. The van der Waals surface area contributed by atoms with E-state index in [-0.39, 0.29) is 11.4 Å². The highest BCUT2D eigenvalue weighted by atomic mass is 19.1. The molecular weight excluding hydrogens is 205 g/mol. The molecule has 90 valence electrons. The number of hydrogen-bond acceptors (Lipinski definition) is 2. The van der Waals surface area contributed by atoms with Crippen LogP contribution in [0.15, 0.2) is 18.2 Å². The largest absolute Gasteiger partial charge is 0.383 e. The summed E-state index contributed by atoms with van der Waals surface area (Å²) in [4.78, 5) is 0. The Labute approximate surface area is 96.8 Å². The Balaban J connectivity index is 2.63. The molecule has 0 atom stereocenters. The highest BCUT2D eigenvalue weighted by Crippen LogP contribution is 2.12. The molecule has 0 radical (unpaired) electrons. The van der Waals surface area contributed by atoms with Gasteiger partial charge in [-0.05, 0) is 44.0 Å². The van der Waals surface area contributed by atoms with Crippen molar-refractivity contribution in [3.8, 4) is 0 Å². The van der Waals surface area contributed by atoms with Gasteiger partial charge in [0.25, 0.3) is 0 Å². The summed E-state index contributed by atoms with van der Waals surface area (Å²) in [6.45, 7) is 7.39. The Morgan fingerprint density at radius 1 is 1.38 bits per heavy atom. The van der Waals surface area contributed by atoms with E-state index < -0.39 is 0 Å². The van der Waals surface area contributed by atoms with Crippen LogP contribution < -0.4 is 5.32 Å². The zero-order valence-electron chi connectivity index (χ0n) is 10.4. The Hall–Kier alpha value is -0.930. The lowest BCUT2D eigenvalue weighted by Gasteiger charge is -2.25. The van der Waals surface area contributed by atoms with E-state index in [0.29, 0.717) is 13.2 Å².